The van der Waals surface area contributed by atoms with Crippen molar-refractivity contribution in [3.05, 3.63) is 62.8 Å². The van der Waals surface area contributed by atoms with Crippen LogP contribution >= 0.6 is 22.7 Å². The standard InChI is InChI=1S/C20H18N4O3S2/c1-12(25)21-15-4-2-13(3-5-15)19(27)24-8-6-16-17(10-24)29-20(22-16)23-18(26)14-7-9-28-11-14/h2-5,7,9,11H,6,8,10H2,1H3,(H,21,25)(H,22,23,26). The molecule has 0 atom stereocenters. The largest absolute Gasteiger partial charge is 0.333 e. The quantitative estimate of drug-likeness (QED) is 0.667. The number of benzene rings is 1. The third kappa shape index (κ3) is 4.36. The summed E-state index contributed by atoms with van der Waals surface area (Å²) < 4.78 is 0. The molecule has 0 unspecified atom stereocenters. The van der Waals surface area contributed by atoms with Crippen molar-refractivity contribution >= 4 is 51.2 Å². The Bertz CT molecular complexity index is 1060. The number of aromatic nitrogens is 1. The molecule has 1 aliphatic heterocycles. The van der Waals surface area contributed by atoms with E-state index in [4.69, 9.17) is 0 Å². The smallest absolute Gasteiger partial charge is 0.258 e. The number of nitrogens with one attached hydrogen (secondary N) is 2. The van der Waals surface area contributed by atoms with Crippen molar-refractivity contribution in [2.24, 2.45) is 0 Å². The highest BCUT2D eigenvalue weighted by molar-refractivity contribution is 7.16. The molecule has 3 amide bonds. The number of thiazole rings is 1. The van der Waals surface area contributed by atoms with Crippen molar-refractivity contribution in [3.8, 4) is 0 Å². The Morgan fingerprint density at radius 2 is 1.86 bits per heavy atom. The van der Waals surface area contributed by atoms with E-state index in [2.05, 4.69) is 15.6 Å². The van der Waals surface area contributed by atoms with Crippen molar-refractivity contribution in [3.63, 3.8) is 0 Å². The zero-order valence-electron chi connectivity index (χ0n) is 15.6. The second kappa shape index (κ2) is 8.14. The van der Waals surface area contributed by atoms with Crippen LogP contribution in [0.25, 0.3) is 0 Å². The summed E-state index contributed by atoms with van der Waals surface area (Å²) in [5, 5.41) is 9.73. The van der Waals surface area contributed by atoms with Gasteiger partial charge in [0, 0.05) is 41.4 Å². The number of hydrogen-bond donors (Lipinski definition) is 2. The van der Waals surface area contributed by atoms with E-state index in [1.54, 1.807) is 40.6 Å². The number of hydrogen-bond acceptors (Lipinski definition) is 6. The average molecular weight is 427 g/mol. The van der Waals surface area contributed by atoms with Crippen molar-refractivity contribution in [2.45, 2.75) is 19.9 Å². The first-order valence-corrected chi connectivity index (χ1v) is 10.7. The van der Waals surface area contributed by atoms with E-state index in [9.17, 15) is 14.4 Å². The lowest BCUT2D eigenvalue weighted by molar-refractivity contribution is -0.114. The first-order valence-electron chi connectivity index (χ1n) is 8.98. The zero-order valence-corrected chi connectivity index (χ0v) is 17.2. The fraction of sp³-hybridized carbons (Fsp3) is 0.200. The molecule has 2 N–H and O–H groups in total. The number of thiophene rings is 1. The number of nitrogens with zero attached hydrogens (tertiary/aromatic N) is 2. The topological polar surface area (TPSA) is 91.4 Å². The van der Waals surface area contributed by atoms with Gasteiger partial charge in [-0.15, -0.1) is 0 Å². The summed E-state index contributed by atoms with van der Waals surface area (Å²) in [7, 11) is 0. The highest BCUT2D eigenvalue weighted by Gasteiger charge is 2.25. The molecule has 0 radical (unpaired) electrons. The Balaban J connectivity index is 1.43. The van der Waals surface area contributed by atoms with Gasteiger partial charge in [0.25, 0.3) is 11.8 Å². The van der Waals surface area contributed by atoms with Crippen molar-refractivity contribution in [1.82, 2.24) is 9.88 Å². The number of carbonyl (C=O) groups is 3. The summed E-state index contributed by atoms with van der Waals surface area (Å²) in [6.45, 7) is 2.48. The van der Waals surface area contributed by atoms with E-state index in [0.29, 0.717) is 41.5 Å². The third-order valence-electron chi connectivity index (χ3n) is 4.47. The third-order valence-corrected chi connectivity index (χ3v) is 6.16. The molecule has 0 aliphatic carbocycles. The zero-order chi connectivity index (χ0) is 20.4. The van der Waals surface area contributed by atoms with Crippen molar-refractivity contribution in [1.29, 1.82) is 0 Å². The summed E-state index contributed by atoms with van der Waals surface area (Å²) in [5.41, 5.74) is 2.77. The van der Waals surface area contributed by atoms with Crippen molar-refractivity contribution in [2.75, 3.05) is 17.2 Å². The van der Waals surface area contributed by atoms with E-state index in [1.165, 1.54) is 29.6 Å². The predicted molar refractivity (Wildman–Crippen MR) is 114 cm³/mol. The van der Waals surface area contributed by atoms with Crippen LogP contribution in [0.15, 0.2) is 41.1 Å². The Morgan fingerprint density at radius 3 is 2.55 bits per heavy atom. The summed E-state index contributed by atoms with van der Waals surface area (Å²) in [6, 6.07) is 8.62. The van der Waals surface area contributed by atoms with Gasteiger partial charge in [0.15, 0.2) is 5.13 Å². The first kappa shape index (κ1) is 19.3. The highest BCUT2D eigenvalue weighted by atomic mass is 32.1. The molecule has 1 aromatic carbocycles. The van der Waals surface area contributed by atoms with E-state index in [1.807, 2.05) is 5.38 Å². The fourth-order valence-electron chi connectivity index (χ4n) is 3.07. The Morgan fingerprint density at radius 1 is 1.07 bits per heavy atom. The molecule has 0 saturated carbocycles. The predicted octanol–water partition coefficient (Wildman–Crippen LogP) is 3.61. The van der Waals surface area contributed by atoms with E-state index >= 15 is 0 Å². The summed E-state index contributed by atoms with van der Waals surface area (Å²) >= 11 is 2.87. The normalized spacial score (nSPS) is 12.9. The molecule has 9 heteroatoms. The second-order valence-electron chi connectivity index (χ2n) is 6.59. The van der Waals surface area contributed by atoms with Gasteiger partial charge in [-0.05, 0) is 35.7 Å². The Hall–Kier alpha value is -3.04. The fourth-order valence-corrected chi connectivity index (χ4v) is 4.72. The van der Waals surface area contributed by atoms with Crippen LogP contribution < -0.4 is 10.6 Å². The molecule has 0 fully saturated rings. The minimum atomic E-state index is -0.176. The van der Waals surface area contributed by atoms with Gasteiger partial charge in [-0.1, -0.05) is 11.3 Å². The average Bonchev–Trinajstić information content (AvgIpc) is 3.36. The molecule has 3 heterocycles. The molecule has 29 heavy (non-hydrogen) atoms. The van der Waals surface area contributed by atoms with Crippen LogP contribution in [0, 0.1) is 0 Å². The van der Waals surface area contributed by atoms with Crippen molar-refractivity contribution < 1.29 is 14.4 Å². The monoisotopic (exact) mass is 426 g/mol. The molecule has 2 aromatic heterocycles. The van der Waals surface area contributed by atoms with Gasteiger partial charge in [-0.3, -0.25) is 19.7 Å². The number of anilines is 2. The minimum Gasteiger partial charge on any atom is -0.333 e. The Kier molecular flexibility index (Phi) is 5.41. The van der Waals surface area contributed by atoms with E-state index < -0.39 is 0 Å². The molecular weight excluding hydrogens is 408 g/mol. The van der Waals surface area contributed by atoms with Crippen LogP contribution in [-0.4, -0.2) is 34.2 Å². The lowest BCUT2D eigenvalue weighted by Crippen LogP contribution is -2.35. The van der Waals surface area contributed by atoms with Gasteiger partial charge in [0.2, 0.25) is 5.91 Å². The first-order chi connectivity index (χ1) is 14.0. The molecule has 148 valence electrons. The second-order valence-corrected chi connectivity index (χ2v) is 8.45. The summed E-state index contributed by atoms with van der Waals surface area (Å²) in [6.07, 6.45) is 0.649. The maximum atomic E-state index is 12.8. The molecule has 3 aromatic rings. The number of amides is 3. The maximum absolute atomic E-state index is 12.8. The molecular formula is C20H18N4O3S2. The number of fused-ring (bicyclic) bond motifs is 1. The highest BCUT2D eigenvalue weighted by Crippen LogP contribution is 2.29. The molecule has 7 nitrogen and oxygen atoms in total. The number of carbonyl (C=O) groups excluding carboxylic acids is 3. The Labute approximate surface area is 175 Å². The minimum absolute atomic E-state index is 0.0673. The maximum Gasteiger partial charge on any atom is 0.258 e. The molecule has 4 rings (SSSR count). The van der Waals surface area contributed by atoms with Gasteiger partial charge in [0.05, 0.1) is 17.8 Å². The van der Waals surface area contributed by atoms with Crippen LogP contribution in [0.5, 0.6) is 0 Å². The summed E-state index contributed by atoms with van der Waals surface area (Å²) in [5.74, 6) is -0.397. The lowest BCUT2D eigenvalue weighted by atomic mass is 10.1. The van der Waals surface area contributed by atoms with E-state index in [0.717, 1.165) is 10.6 Å². The van der Waals surface area contributed by atoms with Gasteiger partial charge < -0.3 is 10.2 Å². The molecule has 0 bridgehead atoms. The van der Waals surface area contributed by atoms with Crippen LogP contribution in [0.1, 0.15) is 38.2 Å². The van der Waals surface area contributed by atoms with Gasteiger partial charge in [0.1, 0.15) is 0 Å². The number of rotatable bonds is 4. The van der Waals surface area contributed by atoms with Crippen LogP contribution in [0.3, 0.4) is 0 Å². The molecule has 0 spiro atoms. The van der Waals surface area contributed by atoms with E-state index in [-0.39, 0.29) is 17.7 Å². The lowest BCUT2D eigenvalue weighted by Gasteiger charge is -2.26. The van der Waals surface area contributed by atoms with Gasteiger partial charge in [-0.2, -0.15) is 11.3 Å². The molecule has 1 aliphatic rings. The van der Waals surface area contributed by atoms with Crippen LogP contribution in [0.2, 0.25) is 0 Å². The van der Waals surface area contributed by atoms with Crippen LogP contribution in [0.4, 0.5) is 10.8 Å². The van der Waals surface area contributed by atoms with Gasteiger partial charge >= 0.3 is 0 Å². The van der Waals surface area contributed by atoms with Crippen LogP contribution in [-0.2, 0) is 17.8 Å². The SMILES string of the molecule is CC(=O)Nc1ccc(C(=O)N2CCc3nc(NC(=O)c4ccsc4)sc3C2)cc1. The summed E-state index contributed by atoms with van der Waals surface area (Å²) in [4.78, 5) is 43.4. The van der Waals surface area contributed by atoms with Gasteiger partial charge in [-0.25, -0.2) is 4.98 Å². The molecule has 0 saturated heterocycles.